The van der Waals surface area contributed by atoms with Crippen molar-refractivity contribution < 1.29 is 30.8 Å². The Morgan fingerprint density at radius 2 is 1.86 bits per heavy atom. The van der Waals surface area contributed by atoms with E-state index in [2.05, 4.69) is 17.2 Å². The molecular formula is C25H32F4N4O3S. The number of rotatable bonds is 8. The summed E-state index contributed by atoms with van der Waals surface area (Å²) in [6, 6.07) is 6.14. The molecule has 1 aromatic carbocycles. The molecular weight excluding hydrogens is 512 g/mol. The molecule has 3 rings (SSSR count). The largest absolute Gasteiger partial charge is 0.433 e. The molecule has 1 amide bonds. The first-order chi connectivity index (χ1) is 17.2. The van der Waals surface area contributed by atoms with E-state index in [1.54, 1.807) is 13.8 Å². The minimum Gasteiger partial charge on any atom is -0.356 e. The molecule has 0 spiro atoms. The second kappa shape index (κ2) is 11.2. The standard InChI is InChI=1S/C25H32F4N4O3S/c1-5-33(37(4,35)36)21-8-6-18(14-20(21)26)17(3)24(34)30-15-19-7-9-22(25(27,28)29)31-23(19)32-12-10-16(2)11-13-32/h6-9,14,16-17H,5,10-13,15H2,1-4H3,(H,30,34). The molecule has 7 nitrogen and oxygen atoms in total. The zero-order chi connectivity index (χ0) is 27.5. The molecule has 1 N–H and O–H groups in total. The Hall–Kier alpha value is -2.89. The zero-order valence-corrected chi connectivity index (χ0v) is 22.1. The highest BCUT2D eigenvalue weighted by molar-refractivity contribution is 7.92. The molecule has 0 aliphatic carbocycles. The van der Waals surface area contributed by atoms with Gasteiger partial charge >= 0.3 is 6.18 Å². The molecule has 0 bridgehead atoms. The first-order valence-electron chi connectivity index (χ1n) is 12.1. The lowest BCUT2D eigenvalue weighted by Crippen LogP contribution is -2.35. The number of nitrogens with one attached hydrogen (secondary N) is 1. The quantitative estimate of drug-likeness (QED) is 0.488. The molecule has 1 unspecified atom stereocenters. The van der Waals surface area contributed by atoms with E-state index in [4.69, 9.17) is 0 Å². The second-order valence-corrected chi connectivity index (χ2v) is 11.3. The van der Waals surface area contributed by atoms with Crippen LogP contribution in [0.1, 0.15) is 56.4 Å². The van der Waals surface area contributed by atoms with Crippen molar-refractivity contribution in [3.8, 4) is 0 Å². The van der Waals surface area contributed by atoms with E-state index in [9.17, 15) is 30.8 Å². The van der Waals surface area contributed by atoms with Gasteiger partial charge in [-0.05, 0) is 56.4 Å². The molecule has 1 aromatic heterocycles. The average molecular weight is 545 g/mol. The third-order valence-electron chi connectivity index (χ3n) is 6.60. The van der Waals surface area contributed by atoms with E-state index >= 15 is 0 Å². The van der Waals surface area contributed by atoms with Crippen molar-refractivity contribution in [1.82, 2.24) is 10.3 Å². The number of hydrogen-bond acceptors (Lipinski definition) is 5. The number of benzene rings is 1. The smallest absolute Gasteiger partial charge is 0.356 e. The van der Waals surface area contributed by atoms with E-state index in [1.165, 1.54) is 18.2 Å². The van der Waals surface area contributed by atoms with E-state index in [-0.39, 0.29) is 24.6 Å². The van der Waals surface area contributed by atoms with Gasteiger partial charge in [-0.2, -0.15) is 13.2 Å². The summed E-state index contributed by atoms with van der Waals surface area (Å²) in [5, 5.41) is 2.72. The van der Waals surface area contributed by atoms with Crippen LogP contribution in [0.25, 0.3) is 0 Å². The van der Waals surface area contributed by atoms with Gasteiger partial charge in [0.05, 0.1) is 17.9 Å². The maximum Gasteiger partial charge on any atom is 0.433 e. The SMILES string of the molecule is CCN(c1ccc(C(C)C(=O)NCc2ccc(C(F)(F)F)nc2N2CCC(C)CC2)cc1F)S(C)(=O)=O. The number of nitrogens with zero attached hydrogens (tertiary/aromatic N) is 3. The van der Waals surface area contributed by atoms with Crippen molar-refractivity contribution in [2.45, 2.75) is 52.3 Å². The van der Waals surface area contributed by atoms with Gasteiger partial charge in [-0.1, -0.05) is 19.1 Å². The Kier molecular flexibility index (Phi) is 8.71. The lowest BCUT2D eigenvalue weighted by atomic mass is 9.98. The summed E-state index contributed by atoms with van der Waals surface area (Å²) >= 11 is 0. The summed E-state index contributed by atoms with van der Waals surface area (Å²) in [7, 11) is -3.67. The van der Waals surface area contributed by atoms with Crippen LogP contribution < -0.4 is 14.5 Å². The predicted octanol–water partition coefficient (Wildman–Crippen LogP) is 4.68. The number of amides is 1. The van der Waals surface area contributed by atoms with E-state index in [1.807, 2.05) is 4.90 Å². The number of piperidine rings is 1. The number of aromatic nitrogens is 1. The number of hydrogen-bond donors (Lipinski definition) is 1. The van der Waals surface area contributed by atoms with Crippen LogP contribution >= 0.6 is 0 Å². The van der Waals surface area contributed by atoms with E-state index in [0.29, 0.717) is 30.1 Å². The fraction of sp³-hybridized carbons (Fsp3) is 0.520. The Morgan fingerprint density at radius 1 is 1.22 bits per heavy atom. The summed E-state index contributed by atoms with van der Waals surface area (Å²) in [5.74, 6) is -1.36. The second-order valence-electron chi connectivity index (χ2n) is 9.42. The molecule has 1 aliphatic rings. The Balaban J connectivity index is 1.78. The van der Waals surface area contributed by atoms with Gasteiger partial charge in [-0.3, -0.25) is 9.10 Å². The molecule has 2 aromatic rings. The van der Waals surface area contributed by atoms with Gasteiger partial charge in [0.15, 0.2) is 0 Å². The highest BCUT2D eigenvalue weighted by Crippen LogP contribution is 2.32. The van der Waals surface area contributed by atoms with E-state index < -0.39 is 39.5 Å². The maximum absolute atomic E-state index is 14.8. The van der Waals surface area contributed by atoms with Crippen molar-refractivity contribution in [2.24, 2.45) is 5.92 Å². The van der Waals surface area contributed by atoms with Crippen molar-refractivity contribution in [3.05, 3.63) is 53.0 Å². The number of carbonyl (C=O) groups is 1. The first kappa shape index (κ1) is 28.7. The minimum atomic E-state index is -4.59. The number of alkyl halides is 3. The van der Waals surface area contributed by atoms with Crippen LogP contribution in [0.5, 0.6) is 0 Å². The van der Waals surface area contributed by atoms with Gasteiger partial charge < -0.3 is 10.2 Å². The van der Waals surface area contributed by atoms with E-state index in [0.717, 1.165) is 35.5 Å². The molecule has 0 saturated carbocycles. The van der Waals surface area contributed by atoms with Gasteiger partial charge in [-0.25, -0.2) is 17.8 Å². The predicted molar refractivity (Wildman–Crippen MR) is 134 cm³/mol. The van der Waals surface area contributed by atoms with Gasteiger partial charge in [0.25, 0.3) is 0 Å². The van der Waals surface area contributed by atoms with Crippen LogP contribution in [-0.2, 0) is 27.5 Å². The molecule has 1 fully saturated rings. The zero-order valence-electron chi connectivity index (χ0n) is 21.3. The lowest BCUT2D eigenvalue weighted by molar-refractivity contribution is -0.141. The molecule has 1 saturated heterocycles. The molecule has 1 aliphatic heterocycles. The fourth-order valence-electron chi connectivity index (χ4n) is 4.33. The third kappa shape index (κ3) is 6.91. The monoisotopic (exact) mass is 544 g/mol. The number of halogens is 4. The summed E-state index contributed by atoms with van der Waals surface area (Å²) < 4.78 is 79.5. The number of pyridine rings is 1. The molecule has 37 heavy (non-hydrogen) atoms. The maximum atomic E-state index is 14.8. The fourth-order valence-corrected chi connectivity index (χ4v) is 5.31. The summed E-state index contributed by atoms with van der Waals surface area (Å²) in [6.45, 7) is 6.38. The highest BCUT2D eigenvalue weighted by Gasteiger charge is 2.34. The van der Waals surface area contributed by atoms with Gasteiger partial charge in [-0.15, -0.1) is 0 Å². The van der Waals surface area contributed by atoms with Crippen LogP contribution in [-0.4, -0.2) is 45.2 Å². The number of sulfonamides is 1. The van der Waals surface area contributed by atoms with Crippen molar-refractivity contribution in [1.29, 1.82) is 0 Å². The molecule has 12 heteroatoms. The topological polar surface area (TPSA) is 82.6 Å². The summed E-state index contributed by atoms with van der Waals surface area (Å²) in [4.78, 5) is 18.6. The highest BCUT2D eigenvalue weighted by atomic mass is 32.2. The molecule has 204 valence electrons. The summed E-state index contributed by atoms with van der Waals surface area (Å²) in [6.07, 6.45) is -1.95. The van der Waals surface area contributed by atoms with Crippen LogP contribution in [0.2, 0.25) is 0 Å². The Labute approximate surface area is 214 Å². The number of anilines is 2. The Morgan fingerprint density at radius 3 is 2.41 bits per heavy atom. The van der Waals surface area contributed by atoms with Crippen LogP contribution in [0.4, 0.5) is 29.1 Å². The first-order valence-corrected chi connectivity index (χ1v) is 13.9. The lowest BCUT2D eigenvalue weighted by Gasteiger charge is -2.33. The van der Waals surface area contributed by atoms with Gasteiger partial charge in [0, 0.05) is 31.7 Å². The van der Waals surface area contributed by atoms with Gasteiger partial charge in [0.2, 0.25) is 15.9 Å². The number of carbonyl (C=O) groups excluding carboxylic acids is 1. The molecule has 2 heterocycles. The molecule has 1 atom stereocenters. The van der Waals surface area contributed by atoms with Crippen LogP contribution in [0.15, 0.2) is 30.3 Å². The van der Waals surface area contributed by atoms with Crippen molar-refractivity contribution in [2.75, 3.05) is 35.1 Å². The van der Waals surface area contributed by atoms with Crippen LogP contribution in [0, 0.1) is 11.7 Å². The Bertz CT molecular complexity index is 1230. The van der Waals surface area contributed by atoms with Crippen LogP contribution in [0.3, 0.4) is 0 Å². The molecule has 0 radical (unpaired) electrons. The average Bonchev–Trinajstić information content (AvgIpc) is 2.82. The van der Waals surface area contributed by atoms with Crippen molar-refractivity contribution in [3.63, 3.8) is 0 Å². The third-order valence-corrected chi connectivity index (χ3v) is 7.86. The van der Waals surface area contributed by atoms with Crippen molar-refractivity contribution >= 4 is 27.4 Å². The van der Waals surface area contributed by atoms with Gasteiger partial charge in [0.1, 0.15) is 17.3 Å². The summed E-state index contributed by atoms with van der Waals surface area (Å²) in [5.41, 5.74) is -0.316. The normalized spacial score (nSPS) is 15.9. The minimum absolute atomic E-state index is 0.0462.